The van der Waals surface area contributed by atoms with Crippen LogP contribution in [0.4, 0.5) is 0 Å². The fraction of sp³-hybridized carbons (Fsp3) is 0.350. The number of nitrogens with one attached hydrogen (secondary N) is 2. The molecule has 0 fully saturated rings. The Morgan fingerprint density at radius 3 is 2.79 bits per heavy atom. The fourth-order valence-electron chi connectivity index (χ4n) is 2.72. The van der Waals surface area contributed by atoms with Crippen molar-refractivity contribution in [1.82, 2.24) is 25.2 Å². The van der Waals surface area contributed by atoms with Gasteiger partial charge in [0.2, 0.25) is 0 Å². The van der Waals surface area contributed by atoms with Crippen LogP contribution in [0, 0.1) is 0 Å². The van der Waals surface area contributed by atoms with Gasteiger partial charge in [0.1, 0.15) is 0 Å². The molecule has 0 aliphatic rings. The van der Waals surface area contributed by atoms with Crippen LogP contribution < -0.4 is 10.6 Å². The Morgan fingerprint density at radius 2 is 2.07 bits per heavy atom. The number of rotatable bonds is 8. The van der Waals surface area contributed by atoms with Gasteiger partial charge in [-0.3, -0.25) is 0 Å². The van der Waals surface area contributed by atoms with E-state index < -0.39 is 0 Å². The Hall–Kier alpha value is -1.94. The molecule has 3 aromatic rings. The summed E-state index contributed by atoms with van der Waals surface area (Å²) in [6, 6.07) is 8.26. The van der Waals surface area contributed by atoms with E-state index in [1.165, 1.54) is 9.88 Å². The third kappa shape index (κ3) is 6.30. The molecule has 0 amide bonds. The average Bonchev–Trinajstić information content (AvgIpc) is 3.38. The number of imidazole rings is 1. The first kappa shape index (κ1) is 22.4. The maximum absolute atomic E-state index is 4.75. The number of guanidine groups is 1. The second-order valence-corrected chi connectivity index (χ2v) is 7.24. The summed E-state index contributed by atoms with van der Waals surface area (Å²) >= 11 is 1.79. The number of thiazole rings is 1. The number of aryl methyl sites for hydroxylation is 1. The van der Waals surface area contributed by atoms with E-state index >= 15 is 0 Å². The highest BCUT2D eigenvalue weighted by Gasteiger charge is 2.05. The molecule has 3 rings (SSSR count). The van der Waals surface area contributed by atoms with Gasteiger partial charge in [0.25, 0.3) is 0 Å². The number of para-hydroxylation sites is 1. The van der Waals surface area contributed by atoms with Gasteiger partial charge in [-0.15, -0.1) is 35.3 Å². The lowest BCUT2D eigenvalue weighted by Crippen LogP contribution is -2.38. The smallest absolute Gasteiger partial charge is 0.191 e. The molecule has 0 aliphatic carbocycles. The first-order valence-electron chi connectivity index (χ1n) is 9.32. The lowest BCUT2D eigenvalue weighted by atomic mass is 10.2. The Kier molecular flexibility index (Phi) is 9.42. The van der Waals surface area contributed by atoms with Gasteiger partial charge in [0.05, 0.1) is 23.6 Å². The Morgan fingerprint density at radius 1 is 1.21 bits per heavy atom. The van der Waals surface area contributed by atoms with Crippen LogP contribution in [0.1, 0.15) is 29.3 Å². The van der Waals surface area contributed by atoms with E-state index in [-0.39, 0.29) is 24.0 Å². The molecular formula is C20H27IN6S. The lowest BCUT2D eigenvalue weighted by molar-refractivity contribution is 0.795. The highest BCUT2D eigenvalue weighted by molar-refractivity contribution is 14.0. The SMILES string of the molecule is CCNC(=NCc1ccccc1-n1ccnc1)NCCc1ncc(CC)s1.I. The van der Waals surface area contributed by atoms with Crippen molar-refractivity contribution in [2.75, 3.05) is 13.1 Å². The van der Waals surface area contributed by atoms with Crippen molar-refractivity contribution in [3.05, 3.63) is 64.6 Å². The predicted octanol–water partition coefficient (Wildman–Crippen LogP) is 3.81. The first-order chi connectivity index (χ1) is 13.3. The van der Waals surface area contributed by atoms with E-state index in [4.69, 9.17) is 4.99 Å². The third-order valence-electron chi connectivity index (χ3n) is 4.11. The molecule has 8 heteroatoms. The van der Waals surface area contributed by atoms with Crippen LogP contribution in [0.15, 0.2) is 54.2 Å². The van der Waals surface area contributed by atoms with Gasteiger partial charge in [-0.1, -0.05) is 25.1 Å². The molecule has 28 heavy (non-hydrogen) atoms. The zero-order valence-electron chi connectivity index (χ0n) is 16.3. The van der Waals surface area contributed by atoms with Gasteiger partial charge in [-0.2, -0.15) is 0 Å². The molecule has 150 valence electrons. The number of hydrogen-bond acceptors (Lipinski definition) is 4. The standard InChI is InChI=1S/C20H26N6S.HI/c1-3-17-14-24-19(27-17)9-10-23-20(22-4-2)25-13-16-7-5-6-8-18(16)26-12-11-21-15-26;/h5-8,11-12,14-15H,3-4,9-10,13H2,1-2H3,(H2,22,23,25);1H. The molecule has 1 aromatic carbocycles. The quantitative estimate of drug-likeness (QED) is 0.275. The van der Waals surface area contributed by atoms with Crippen LogP contribution in [-0.2, 0) is 19.4 Å². The van der Waals surface area contributed by atoms with E-state index in [1.807, 2.05) is 35.4 Å². The number of aromatic nitrogens is 3. The van der Waals surface area contributed by atoms with Crippen LogP contribution in [-0.4, -0.2) is 33.6 Å². The van der Waals surface area contributed by atoms with Crippen molar-refractivity contribution in [3.8, 4) is 5.69 Å². The van der Waals surface area contributed by atoms with Crippen molar-refractivity contribution >= 4 is 41.3 Å². The Bertz CT molecular complexity index is 859. The molecule has 0 bridgehead atoms. The average molecular weight is 510 g/mol. The summed E-state index contributed by atoms with van der Waals surface area (Å²) in [4.78, 5) is 14.7. The van der Waals surface area contributed by atoms with Gasteiger partial charge in [-0.25, -0.2) is 15.0 Å². The number of hydrogen-bond donors (Lipinski definition) is 2. The van der Waals surface area contributed by atoms with Crippen LogP contribution in [0.2, 0.25) is 0 Å². The van der Waals surface area contributed by atoms with Crippen molar-refractivity contribution in [2.24, 2.45) is 4.99 Å². The molecule has 2 N–H and O–H groups in total. The second kappa shape index (κ2) is 11.8. The highest BCUT2D eigenvalue weighted by atomic mass is 127. The van der Waals surface area contributed by atoms with E-state index in [0.29, 0.717) is 6.54 Å². The molecule has 0 saturated heterocycles. The molecule has 2 aromatic heterocycles. The molecule has 6 nitrogen and oxygen atoms in total. The van der Waals surface area contributed by atoms with Gasteiger partial charge in [0, 0.05) is 43.0 Å². The highest BCUT2D eigenvalue weighted by Crippen LogP contribution is 2.15. The molecule has 0 unspecified atom stereocenters. The summed E-state index contributed by atoms with van der Waals surface area (Å²) in [5.41, 5.74) is 2.25. The number of aliphatic imine (C=N–C) groups is 1. The minimum atomic E-state index is 0. The van der Waals surface area contributed by atoms with Gasteiger partial charge >= 0.3 is 0 Å². The molecule has 0 saturated carbocycles. The summed E-state index contributed by atoms with van der Waals surface area (Å²) in [6.45, 7) is 6.47. The number of halogens is 1. The maximum atomic E-state index is 4.75. The molecule has 2 heterocycles. The van der Waals surface area contributed by atoms with Crippen molar-refractivity contribution in [3.63, 3.8) is 0 Å². The minimum absolute atomic E-state index is 0. The van der Waals surface area contributed by atoms with Crippen LogP contribution >= 0.6 is 35.3 Å². The van der Waals surface area contributed by atoms with Crippen molar-refractivity contribution in [2.45, 2.75) is 33.2 Å². The van der Waals surface area contributed by atoms with Gasteiger partial charge in [0.15, 0.2) is 5.96 Å². The Balaban J connectivity index is 0.00000280. The topological polar surface area (TPSA) is 67.1 Å². The second-order valence-electron chi connectivity index (χ2n) is 6.04. The predicted molar refractivity (Wildman–Crippen MR) is 127 cm³/mol. The first-order valence-corrected chi connectivity index (χ1v) is 10.1. The van der Waals surface area contributed by atoms with Crippen LogP contribution in [0.5, 0.6) is 0 Å². The zero-order valence-corrected chi connectivity index (χ0v) is 19.4. The maximum Gasteiger partial charge on any atom is 0.191 e. The zero-order chi connectivity index (χ0) is 18.9. The summed E-state index contributed by atoms with van der Waals surface area (Å²) < 4.78 is 2.01. The molecular weight excluding hydrogens is 483 g/mol. The number of nitrogens with zero attached hydrogens (tertiary/aromatic N) is 4. The van der Waals surface area contributed by atoms with Crippen LogP contribution in [0.25, 0.3) is 5.69 Å². The molecule has 0 radical (unpaired) electrons. The summed E-state index contributed by atoms with van der Waals surface area (Å²) in [7, 11) is 0. The normalized spacial score (nSPS) is 11.1. The van der Waals surface area contributed by atoms with Gasteiger partial charge < -0.3 is 15.2 Å². The fourth-order valence-corrected chi connectivity index (χ4v) is 3.58. The van der Waals surface area contributed by atoms with Crippen molar-refractivity contribution in [1.29, 1.82) is 0 Å². The lowest BCUT2D eigenvalue weighted by Gasteiger charge is -2.12. The monoisotopic (exact) mass is 510 g/mol. The summed E-state index contributed by atoms with van der Waals surface area (Å²) in [5, 5.41) is 7.89. The van der Waals surface area contributed by atoms with E-state index in [2.05, 4.69) is 46.6 Å². The summed E-state index contributed by atoms with van der Waals surface area (Å²) in [5.74, 6) is 0.824. The van der Waals surface area contributed by atoms with E-state index in [0.717, 1.165) is 43.1 Å². The van der Waals surface area contributed by atoms with Gasteiger partial charge in [-0.05, 0) is 25.0 Å². The molecule has 0 spiro atoms. The van der Waals surface area contributed by atoms with E-state index in [9.17, 15) is 0 Å². The van der Waals surface area contributed by atoms with E-state index in [1.54, 1.807) is 17.5 Å². The summed E-state index contributed by atoms with van der Waals surface area (Å²) in [6.07, 6.45) is 9.47. The third-order valence-corrected chi connectivity index (χ3v) is 5.31. The largest absolute Gasteiger partial charge is 0.357 e. The van der Waals surface area contributed by atoms with Crippen molar-refractivity contribution < 1.29 is 0 Å². The number of benzene rings is 1. The van der Waals surface area contributed by atoms with Crippen LogP contribution in [0.3, 0.4) is 0 Å². The molecule has 0 aliphatic heterocycles. The minimum Gasteiger partial charge on any atom is -0.357 e. The Labute approximate surface area is 187 Å². The molecule has 0 atom stereocenters.